The summed E-state index contributed by atoms with van der Waals surface area (Å²) in [7, 11) is 0. The fourth-order valence-electron chi connectivity index (χ4n) is 9.32. The second-order valence-electron chi connectivity index (χ2n) is 14.8. The van der Waals surface area contributed by atoms with Crippen LogP contribution >= 0.6 is 0 Å². The second-order valence-corrected chi connectivity index (χ2v) is 14.8. The van der Waals surface area contributed by atoms with Gasteiger partial charge in [-0.05, 0) is 97.1 Å². The molecule has 11 rings (SSSR count). The summed E-state index contributed by atoms with van der Waals surface area (Å²) < 4.78 is 19.5. The first-order valence-corrected chi connectivity index (χ1v) is 18.9. The van der Waals surface area contributed by atoms with Crippen LogP contribution in [0.2, 0.25) is 0 Å². The van der Waals surface area contributed by atoms with Crippen LogP contribution in [0.3, 0.4) is 0 Å². The monoisotopic (exact) mass is 709 g/mol. The van der Waals surface area contributed by atoms with Crippen LogP contribution < -0.4 is 0 Å². The first-order chi connectivity index (χ1) is 27.0. The van der Waals surface area contributed by atoms with Gasteiger partial charge in [0.05, 0.1) is 17.2 Å². The van der Waals surface area contributed by atoms with E-state index in [9.17, 15) is 0 Å². The lowest BCUT2D eigenvalue weighted by Crippen LogP contribution is -2.40. The Hall–Kier alpha value is -6.87. The van der Waals surface area contributed by atoms with Gasteiger partial charge in [-0.25, -0.2) is 0 Å². The van der Waals surface area contributed by atoms with Gasteiger partial charge in [0.25, 0.3) is 0 Å². The number of nitrogens with zero attached hydrogens (tertiary/aromatic N) is 1. The summed E-state index contributed by atoms with van der Waals surface area (Å²) in [5.74, 6) is 0. The molecule has 0 spiro atoms. The minimum atomic E-state index is -0.787. The number of furan rings is 3. The molecule has 7 aromatic carbocycles. The van der Waals surface area contributed by atoms with Crippen molar-refractivity contribution in [1.29, 1.82) is 0 Å². The van der Waals surface area contributed by atoms with Gasteiger partial charge in [-0.1, -0.05) is 103 Å². The van der Waals surface area contributed by atoms with Crippen molar-refractivity contribution in [2.24, 2.45) is 4.99 Å². The third kappa shape index (κ3) is 4.56. The zero-order valence-corrected chi connectivity index (χ0v) is 30.7. The Morgan fingerprint density at radius 2 is 1.11 bits per heavy atom. The summed E-state index contributed by atoms with van der Waals surface area (Å²) in [6.07, 6.45) is 0. The van der Waals surface area contributed by atoms with Gasteiger partial charge in [0.2, 0.25) is 0 Å². The predicted molar refractivity (Wildman–Crippen MR) is 225 cm³/mol. The number of fused-ring (bicyclic) bond motifs is 6. The summed E-state index contributed by atoms with van der Waals surface area (Å²) in [4.78, 5) is 5.87. The normalized spacial score (nSPS) is 17.7. The molecule has 2 unspecified atom stereocenters. The average Bonchev–Trinajstić information content (AvgIpc) is 3.91. The molecular weight excluding hydrogens is 675 g/mol. The van der Waals surface area contributed by atoms with Crippen LogP contribution in [0.4, 0.5) is 0 Å². The molecule has 0 amide bonds. The number of hydrogen-bond acceptors (Lipinski definition) is 4. The van der Waals surface area contributed by atoms with Gasteiger partial charge < -0.3 is 13.3 Å². The Kier molecular flexibility index (Phi) is 6.80. The number of benzene rings is 7. The molecule has 0 fully saturated rings. The molecule has 4 nitrogen and oxygen atoms in total. The fourth-order valence-corrected chi connectivity index (χ4v) is 9.32. The minimum Gasteiger partial charge on any atom is -0.456 e. The molecule has 0 radical (unpaired) electrons. The lowest BCUT2D eigenvalue weighted by molar-refractivity contribution is 0.512. The zero-order chi connectivity index (χ0) is 36.8. The van der Waals surface area contributed by atoms with Crippen molar-refractivity contribution in [3.63, 3.8) is 0 Å². The van der Waals surface area contributed by atoms with E-state index in [1.165, 1.54) is 0 Å². The van der Waals surface area contributed by atoms with E-state index in [1.54, 1.807) is 0 Å². The number of allylic oxidation sites excluding steroid dienone is 1. The lowest BCUT2D eigenvalue weighted by atomic mass is 9.64. The molecule has 4 heteroatoms. The fraction of sp³-hybridized carbons (Fsp3) is 0.0980. The highest BCUT2D eigenvalue weighted by molar-refractivity contribution is 6.17. The van der Waals surface area contributed by atoms with Crippen molar-refractivity contribution in [2.45, 2.75) is 32.2 Å². The van der Waals surface area contributed by atoms with E-state index in [-0.39, 0.29) is 6.04 Å². The number of hydrogen-bond donors (Lipinski definition) is 0. The van der Waals surface area contributed by atoms with Gasteiger partial charge in [0.15, 0.2) is 0 Å². The van der Waals surface area contributed by atoms with E-state index < -0.39 is 5.41 Å². The third-order valence-electron chi connectivity index (χ3n) is 11.7. The van der Waals surface area contributed by atoms with Crippen molar-refractivity contribution in [1.82, 2.24) is 0 Å². The van der Waals surface area contributed by atoms with Crippen molar-refractivity contribution >= 4 is 77.1 Å². The Morgan fingerprint density at radius 1 is 0.491 bits per heavy atom. The highest BCUT2D eigenvalue weighted by Gasteiger charge is 2.44. The molecule has 1 aliphatic heterocycles. The molecule has 0 saturated heterocycles. The molecule has 0 N–H and O–H groups in total. The number of rotatable bonds is 3. The number of aliphatic imine (C=N–C) groups is 1. The SMILES string of the molecule is CC1=C=C(C)c2cccc3oc4cccc(c4c23)C(c2ccccc2)(c2ccc3oc4ccccc4c3c2)C(C)N=C1c1ccc2c(c1)oc1ccccc12. The van der Waals surface area contributed by atoms with Crippen molar-refractivity contribution in [2.75, 3.05) is 0 Å². The van der Waals surface area contributed by atoms with Crippen molar-refractivity contribution < 1.29 is 13.3 Å². The van der Waals surface area contributed by atoms with E-state index in [4.69, 9.17) is 18.2 Å². The second kappa shape index (κ2) is 11.8. The zero-order valence-electron chi connectivity index (χ0n) is 30.7. The summed E-state index contributed by atoms with van der Waals surface area (Å²) in [6, 6.07) is 53.0. The Morgan fingerprint density at radius 3 is 1.91 bits per heavy atom. The molecule has 4 heterocycles. The molecular formula is C51H35NO3. The molecule has 3 aromatic heterocycles. The molecule has 0 saturated carbocycles. The first kappa shape index (κ1) is 31.6. The maximum absolute atomic E-state index is 6.72. The van der Waals surface area contributed by atoms with Crippen LogP contribution in [0.15, 0.2) is 181 Å². The van der Waals surface area contributed by atoms with E-state index in [2.05, 4.69) is 154 Å². The Labute approximate surface area is 317 Å². The van der Waals surface area contributed by atoms with Gasteiger partial charge in [-0.2, -0.15) is 0 Å². The Bertz CT molecular complexity index is 3290. The van der Waals surface area contributed by atoms with Crippen molar-refractivity contribution in [3.05, 3.63) is 191 Å². The maximum atomic E-state index is 6.72. The van der Waals surface area contributed by atoms with Crippen LogP contribution in [-0.4, -0.2) is 11.8 Å². The van der Waals surface area contributed by atoms with Crippen LogP contribution in [0, 0.1) is 0 Å². The largest absolute Gasteiger partial charge is 0.456 e. The third-order valence-corrected chi connectivity index (χ3v) is 11.7. The Balaban J connectivity index is 1.31. The molecule has 262 valence electrons. The lowest BCUT2D eigenvalue weighted by Gasteiger charge is -2.40. The van der Waals surface area contributed by atoms with Crippen LogP contribution in [0.5, 0.6) is 0 Å². The van der Waals surface area contributed by atoms with Gasteiger partial charge in [0, 0.05) is 43.5 Å². The summed E-state index contributed by atoms with van der Waals surface area (Å²) in [5.41, 5.74) is 16.4. The topological polar surface area (TPSA) is 51.8 Å². The number of para-hydroxylation sites is 2. The molecule has 55 heavy (non-hydrogen) atoms. The summed E-state index contributed by atoms with van der Waals surface area (Å²) >= 11 is 0. The molecule has 1 aliphatic rings. The molecule has 0 aliphatic carbocycles. The van der Waals surface area contributed by atoms with E-state index in [0.29, 0.717) is 0 Å². The smallest absolute Gasteiger partial charge is 0.136 e. The predicted octanol–water partition coefficient (Wildman–Crippen LogP) is 13.6. The van der Waals surface area contributed by atoms with Gasteiger partial charge in [-0.3, -0.25) is 4.99 Å². The van der Waals surface area contributed by atoms with Crippen LogP contribution in [0.1, 0.15) is 48.6 Å². The standard InChI is InChI=1S/C51H35NO3/c1-30-27-31(2)50(33-23-25-39-37-15-7-9-19-42(37)54-47(39)28-33)52-32(3)51(34-13-5-4-6-14-34,35-24-26-44-40(29-35)38-16-8-10-20-43(38)53-44)41-18-12-22-46-49(41)48-36(30)17-11-21-45(48)55-46/h4-26,28-29,32H,1-3H3. The highest BCUT2D eigenvalue weighted by atomic mass is 16.3. The van der Waals surface area contributed by atoms with Crippen LogP contribution in [0.25, 0.3) is 71.4 Å². The highest BCUT2D eigenvalue weighted by Crippen LogP contribution is 2.50. The van der Waals surface area contributed by atoms with Gasteiger partial charge in [-0.15, -0.1) is 5.73 Å². The molecule has 0 bridgehead atoms. The maximum Gasteiger partial charge on any atom is 0.136 e. The van der Waals surface area contributed by atoms with Gasteiger partial charge in [0.1, 0.15) is 33.5 Å². The summed E-state index contributed by atoms with van der Waals surface area (Å²) in [5, 5.41) is 6.52. The van der Waals surface area contributed by atoms with Crippen molar-refractivity contribution in [3.8, 4) is 0 Å². The van der Waals surface area contributed by atoms with Crippen LogP contribution in [-0.2, 0) is 5.41 Å². The van der Waals surface area contributed by atoms with E-state index in [1.807, 2.05) is 24.3 Å². The van der Waals surface area contributed by atoms with Gasteiger partial charge >= 0.3 is 0 Å². The minimum absolute atomic E-state index is 0.329. The molecule has 2 atom stereocenters. The van der Waals surface area contributed by atoms with E-state index >= 15 is 0 Å². The van der Waals surface area contributed by atoms with E-state index in [0.717, 1.165) is 110 Å². The quantitative estimate of drug-likeness (QED) is 0.172. The molecule has 10 aromatic rings. The average molecular weight is 710 g/mol. The summed E-state index contributed by atoms with van der Waals surface area (Å²) in [6.45, 7) is 6.53. The first-order valence-electron chi connectivity index (χ1n) is 18.9.